The number of amides is 4. The number of rotatable bonds is 10. The van der Waals surface area contributed by atoms with Crippen LogP contribution in [0.2, 0.25) is 0 Å². The van der Waals surface area contributed by atoms with Gasteiger partial charge < -0.3 is 49.0 Å². The largest absolute Gasteiger partial charge is 0.492 e. The van der Waals surface area contributed by atoms with Gasteiger partial charge in [-0.05, 0) is 67.9 Å². The van der Waals surface area contributed by atoms with Gasteiger partial charge in [-0.3, -0.25) is 9.59 Å². The fraction of sp³-hybridized carbons (Fsp3) is 0.455. The fourth-order valence-corrected chi connectivity index (χ4v) is 8.73. The number of ether oxygens (including phenoxy) is 3. The van der Waals surface area contributed by atoms with Gasteiger partial charge in [0.15, 0.2) is 0 Å². The number of furan rings is 1. The van der Waals surface area contributed by atoms with Crippen LogP contribution in [0.5, 0.6) is 5.75 Å². The monoisotopic (exact) mass is 820 g/mol. The van der Waals surface area contributed by atoms with Gasteiger partial charge >= 0.3 is 12.2 Å². The molecular weight excluding hydrogens is 769 g/mol. The van der Waals surface area contributed by atoms with Gasteiger partial charge in [-0.25, -0.2) is 19.6 Å². The van der Waals surface area contributed by atoms with Crippen LogP contribution in [0.25, 0.3) is 44.8 Å². The summed E-state index contributed by atoms with van der Waals surface area (Å²) in [5.41, 5.74) is 6.11. The molecule has 16 heteroatoms. The van der Waals surface area contributed by atoms with Crippen molar-refractivity contribution in [3.05, 3.63) is 66.0 Å². The molecule has 2 fully saturated rings. The number of imidazole rings is 2. The zero-order valence-corrected chi connectivity index (χ0v) is 34.8. The van der Waals surface area contributed by atoms with Crippen LogP contribution in [-0.4, -0.2) is 99.7 Å². The maximum Gasteiger partial charge on any atom is 0.407 e. The highest BCUT2D eigenvalue weighted by molar-refractivity contribution is 5.93. The fourth-order valence-electron chi connectivity index (χ4n) is 8.73. The number of aromatic amines is 2. The maximum atomic E-state index is 13.7. The van der Waals surface area contributed by atoms with Crippen LogP contribution >= 0.6 is 0 Å². The van der Waals surface area contributed by atoms with E-state index in [1.165, 1.54) is 14.2 Å². The summed E-state index contributed by atoms with van der Waals surface area (Å²) in [7, 11) is 2.57. The first kappa shape index (κ1) is 40.5. The number of H-pyrrole nitrogens is 2. The summed E-state index contributed by atoms with van der Waals surface area (Å²) in [5.74, 6) is 2.29. The van der Waals surface area contributed by atoms with Crippen molar-refractivity contribution in [2.24, 2.45) is 11.8 Å². The number of hydrogen-bond acceptors (Lipinski definition) is 10. The minimum atomic E-state index is -0.711. The Morgan fingerprint density at radius 1 is 0.767 bits per heavy atom. The molecule has 0 aliphatic carbocycles. The Hall–Kier alpha value is -6.32. The number of alkyl carbamates (subject to hydrolysis) is 2. The van der Waals surface area contributed by atoms with E-state index in [0.717, 1.165) is 76.1 Å². The molecule has 4 amide bonds. The summed E-state index contributed by atoms with van der Waals surface area (Å²) >= 11 is 0. The molecule has 8 rings (SSSR count). The van der Waals surface area contributed by atoms with E-state index >= 15 is 0 Å². The molecule has 3 aliphatic heterocycles. The number of benzene rings is 2. The zero-order chi connectivity index (χ0) is 42.2. The van der Waals surface area contributed by atoms with E-state index in [1.807, 2.05) is 58.0 Å². The number of fused-ring (bicyclic) bond motifs is 5. The Morgan fingerprint density at radius 2 is 1.30 bits per heavy atom. The van der Waals surface area contributed by atoms with Crippen molar-refractivity contribution in [2.45, 2.75) is 84.0 Å². The van der Waals surface area contributed by atoms with Gasteiger partial charge in [0.25, 0.3) is 0 Å². The molecule has 5 aromatic rings. The molecule has 6 heterocycles. The second-order valence-electron chi connectivity index (χ2n) is 16.4. The van der Waals surface area contributed by atoms with E-state index in [0.29, 0.717) is 43.5 Å². The average molecular weight is 821 g/mol. The minimum Gasteiger partial charge on any atom is -0.492 e. The zero-order valence-electron chi connectivity index (χ0n) is 34.8. The molecule has 0 radical (unpaired) electrons. The molecule has 4 N–H and O–H groups in total. The van der Waals surface area contributed by atoms with Crippen molar-refractivity contribution in [3.8, 4) is 39.6 Å². The predicted octanol–water partition coefficient (Wildman–Crippen LogP) is 6.90. The summed E-state index contributed by atoms with van der Waals surface area (Å²) in [6.45, 7) is 9.19. The lowest BCUT2D eigenvalue weighted by molar-refractivity contribution is -0.136. The normalized spacial score (nSPS) is 18.5. The van der Waals surface area contributed by atoms with Crippen molar-refractivity contribution in [3.63, 3.8) is 0 Å². The van der Waals surface area contributed by atoms with Crippen LogP contribution in [0.15, 0.2) is 53.2 Å². The first-order valence-electron chi connectivity index (χ1n) is 20.7. The Morgan fingerprint density at radius 3 is 1.83 bits per heavy atom. The number of carbonyl (C=O) groups is 4. The number of nitrogens with one attached hydrogen (secondary N) is 4. The summed E-state index contributed by atoms with van der Waals surface area (Å²) in [4.78, 5) is 71.4. The lowest BCUT2D eigenvalue weighted by Crippen LogP contribution is -2.51. The molecule has 3 aliphatic rings. The highest BCUT2D eigenvalue weighted by Gasteiger charge is 2.39. The van der Waals surface area contributed by atoms with Gasteiger partial charge in [-0.2, -0.15) is 0 Å². The third-order valence-corrected chi connectivity index (χ3v) is 11.9. The molecule has 4 unspecified atom stereocenters. The molecule has 4 atom stereocenters. The predicted molar refractivity (Wildman–Crippen MR) is 222 cm³/mol. The van der Waals surface area contributed by atoms with Gasteiger partial charge in [-0.1, -0.05) is 33.8 Å². The van der Waals surface area contributed by atoms with Crippen molar-refractivity contribution in [1.82, 2.24) is 40.4 Å². The lowest BCUT2D eigenvalue weighted by Gasteiger charge is -2.30. The molecule has 316 valence electrons. The molecule has 0 saturated carbocycles. The summed E-state index contributed by atoms with van der Waals surface area (Å²) in [6.07, 6.45) is 6.12. The smallest absolute Gasteiger partial charge is 0.407 e. The highest BCUT2D eigenvalue weighted by atomic mass is 16.5. The molecule has 3 aromatic heterocycles. The Labute approximate surface area is 347 Å². The van der Waals surface area contributed by atoms with Crippen LogP contribution in [0.1, 0.15) is 82.7 Å². The maximum absolute atomic E-state index is 13.7. The van der Waals surface area contributed by atoms with Crippen LogP contribution in [0.4, 0.5) is 9.59 Å². The third-order valence-electron chi connectivity index (χ3n) is 11.9. The second-order valence-corrected chi connectivity index (χ2v) is 16.4. The topological polar surface area (TPSA) is 197 Å². The van der Waals surface area contributed by atoms with Crippen molar-refractivity contribution < 1.29 is 37.8 Å². The van der Waals surface area contributed by atoms with Crippen LogP contribution in [0.3, 0.4) is 0 Å². The van der Waals surface area contributed by atoms with Crippen molar-refractivity contribution in [2.75, 3.05) is 33.9 Å². The van der Waals surface area contributed by atoms with E-state index in [1.54, 1.807) is 22.2 Å². The standard InChI is InChI=1S/C44H52N8O8/c1-23(2)36(49-43(55)57-5)41(53)51-16-7-9-32(51)39-45-21-30(47-39)25-12-14-34-29(19-25)27-15-18-59-35-20-26(11-13-28(35)38(27)60-34)31-22-46-40(48-31)33-10-8-17-52(33)42(54)37(24(3)4)50-44(56)58-6/h11-14,19-24,32-33,36-37H,7-10,15-18H2,1-6H3,(H,45,47)(H,46,48)(H,49,55)(H,50,56). The van der Waals surface area contributed by atoms with E-state index in [9.17, 15) is 19.2 Å². The van der Waals surface area contributed by atoms with Gasteiger partial charge in [-0.15, -0.1) is 0 Å². The molecule has 0 bridgehead atoms. The van der Waals surface area contributed by atoms with Gasteiger partial charge in [0.05, 0.1) is 62.3 Å². The highest BCUT2D eigenvalue weighted by Crippen LogP contribution is 2.44. The minimum absolute atomic E-state index is 0.123. The summed E-state index contributed by atoms with van der Waals surface area (Å²) in [5, 5.41) is 6.39. The Bertz CT molecular complexity index is 2410. The SMILES string of the molecule is COC(=O)NC(C(=O)N1CCCC1c1ncc(-c2ccc3c(c2)OCCc2c-3oc3ccc(-c4cnc(C5CCCN5C(=O)C(NC(=O)OC)C(C)C)[nH]4)cc23)[nH]1)C(C)C. The summed E-state index contributed by atoms with van der Waals surface area (Å²) < 4.78 is 22.4. The van der Waals surface area contributed by atoms with E-state index in [4.69, 9.17) is 28.6 Å². The molecular formula is C44H52N8O8. The van der Waals surface area contributed by atoms with Crippen molar-refractivity contribution in [1.29, 1.82) is 0 Å². The Kier molecular flexibility index (Phi) is 11.3. The lowest BCUT2D eigenvalue weighted by atomic mass is 10.0. The van der Waals surface area contributed by atoms with Gasteiger partial charge in [0, 0.05) is 41.6 Å². The number of aromatic nitrogens is 4. The second kappa shape index (κ2) is 16.7. The first-order valence-corrected chi connectivity index (χ1v) is 20.7. The quantitative estimate of drug-likeness (QED) is 0.115. The molecule has 2 aromatic carbocycles. The molecule has 16 nitrogen and oxygen atoms in total. The van der Waals surface area contributed by atoms with E-state index in [-0.39, 0.29) is 35.7 Å². The Balaban J connectivity index is 1.01. The number of carbonyl (C=O) groups excluding carboxylic acids is 4. The van der Waals surface area contributed by atoms with Crippen LogP contribution in [-0.2, 0) is 25.5 Å². The number of methoxy groups -OCH3 is 2. The third kappa shape index (κ3) is 7.66. The number of nitrogens with zero attached hydrogens (tertiary/aromatic N) is 4. The van der Waals surface area contributed by atoms with Gasteiger partial charge in [0.1, 0.15) is 40.8 Å². The number of hydrogen-bond donors (Lipinski definition) is 4. The summed E-state index contributed by atoms with van der Waals surface area (Å²) in [6, 6.07) is 10.2. The van der Waals surface area contributed by atoms with E-state index < -0.39 is 24.3 Å². The average Bonchev–Trinajstić information content (AvgIpc) is 4.10. The number of likely N-dealkylation sites (tertiary alicyclic amines) is 2. The first-order chi connectivity index (χ1) is 28.9. The molecule has 2 saturated heterocycles. The van der Waals surface area contributed by atoms with Crippen LogP contribution < -0.4 is 15.4 Å². The van der Waals surface area contributed by atoms with E-state index in [2.05, 4.69) is 26.7 Å². The molecule has 0 spiro atoms. The molecule has 60 heavy (non-hydrogen) atoms. The van der Waals surface area contributed by atoms with Crippen molar-refractivity contribution >= 4 is 35.0 Å². The van der Waals surface area contributed by atoms with Gasteiger partial charge in [0.2, 0.25) is 11.8 Å². The van der Waals surface area contributed by atoms with Crippen LogP contribution in [0, 0.1) is 11.8 Å².